The number of piperidine rings is 1. The van der Waals surface area contributed by atoms with Gasteiger partial charge in [0, 0.05) is 55.2 Å². The summed E-state index contributed by atoms with van der Waals surface area (Å²) in [5.74, 6) is -0.891. The van der Waals surface area contributed by atoms with Gasteiger partial charge in [-0.05, 0) is 96.3 Å². The van der Waals surface area contributed by atoms with Crippen LogP contribution in [-0.2, 0) is 28.2 Å². The summed E-state index contributed by atoms with van der Waals surface area (Å²) in [6.45, 7) is 10.9. The molecule has 0 unspecified atom stereocenters. The minimum Gasteiger partial charge on any atom is -0.396 e. The molecule has 3 aromatic rings. The third-order valence-corrected chi connectivity index (χ3v) is 10.8. The molecule has 276 valence electrons. The summed E-state index contributed by atoms with van der Waals surface area (Å²) in [5, 5.41) is 33.4. The summed E-state index contributed by atoms with van der Waals surface area (Å²) < 4.78 is 1.73. The van der Waals surface area contributed by atoms with Gasteiger partial charge in [0.15, 0.2) is 5.60 Å². The average Bonchev–Trinajstić information content (AvgIpc) is 3.77. The summed E-state index contributed by atoms with van der Waals surface area (Å²) >= 11 is 0. The van der Waals surface area contributed by atoms with Crippen molar-refractivity contribution < 1.29 is 19.8 Å². The Labute approximate surface area is 307 Å². The van der Waals surface area contributed by atoms with Crippen LogP contribution in [0.3, 0.4) is 0 Å². The fourth-order valence-corrected chi connectivity index (χ4v) is 7.71. The number of aliphatic hydroxyl groups excluding tert-OH is 1. The minimum atomic E-state index is -1.83. The Kier molecular flexibility index (Phi) is 11.4. The number of para-hydroxylation sites is 1. The highest BCUT2D eigenvalue weighted by molar-refractivity contribution is 6.10. The van der Waals surface area contributed by atoms with E-state index in [0.29, 0.717) is 62.4 Å². The summed E-state index contributed by atoms with van der Waals surface area (Å²) in [6.07, 6.45) is 14.2. The zero-order valence-corrected chi connectivity index (χ0v) is 31.0. The number of allylic oxidation sites excluding steroid dienone is 4. The van der Waals surface area contributed by atoms with Crippen molar-refractivity contribution in [3.05, 3.63) is 101 Å². The van der Waals surface area contributed by atoms with Crippen molar-refractivity contribution in [2.75, 3.05) is 47.6 Å². The van der Waals surface area contributed by atoms with E-state index in [9.17, 15) is 19.8 Å². The van der Waals surface area contributed by atoms with E-state index >= 15 is 0 Å². The highest BCUT2D eigenvalue weighted by atomic mass is 16.3. The van der Waals surface area contributed by atoms with Crippen LogP contribution in [0.1, 0.15) is 71.1 Å². The Bertz CT molecular complexity index is 1820. The van der Waals surface area contributed by atoms with Crippen LogP contribution >= 0.6 is 0 Å². The van der Waals surface area contributed by atoms with Crippen LogP contribution in [0.25, 0.3) is 0 Å². The second-order valence-electron chi connectivity index (χ2n) is 14.6. The predicted molar refractivity (Wildman–Crippen MR) is 205 cm³/mol. The zero-order valence-electron chi connectivity index (χ0n) is 31.0. The molecule has 2 saturated heterocycles. The minimum absolute atomic E-state index is 0.0176. The molecule has 3 aliphatic rings. The highest BCUT2D eigenvalue weighted by Crippen LogP contribution is 2.48. The molecule has 2 aromatic carbocycles. The number of aromatic nitrogens is 3. The normalized spacial score (nSPS) is 20.7. The van der Waals surface area contributed by atoms with Gasteiger partial charge in [-0.1, -0.05) is 65.8 Å². The number of hydrogen-bond donors (Lipinski definition) is 3. The number of nitrogens with zero attached hydrogens (tertiary/aromatic N) is 6. The Morgan fingerprint density at radius 3 is 2.50 bits per heavy atom. The highest BCUT2D eigenvalue weighted by Gasteiger charge is 2.55. The van der Waals surface area contributed by atoms with E-state index in [1.807, 2.05) is 66.6 Å². The van der Waals surface area contributed by atoms with Crippen molar-refractivity contribution >= 4 is 28.9 Å². The largest absolute Gasteiger partial charge is 0.396 e. The first-order valence-corrected chi connectivity index (χ1v) is 18.6. The van der Waals surface area contributed by atoms with Crippen LogP contribution in [0.15, 0.2) is 90.2 Å². The lowest BCUT2D eigenvalue weighted by atomic mass is 9.82. The van der Waals surface area contributed by atoms with Crippen LogP contribution in [0.5, 0.6) is 0 Å². The van der Waals surface area contributed by atoms with Crippen LogP contribution in [-0.4, -0.2) is 75.5 Å². The maximum atomic E-state index is 14.5. The average molecular weight is 708 g/mol. The van der Waals surface area contributed by atoms with E-state index in [1.165, 1.54) is 11.1 Å². The van der Waals surface area contributed by atoms with E-state index in [1.54, 1.807) is 9.58 Å². The van der Waals surface area contributed by atoms with Gasteiger partial charge in [-0.2, -0.15) is 0 Å². The van der Waals surface area contributed by atoms with Gasteiger partial charge in [-0.25, -0.2) is 0 Å². The van der Waals surface area contributed by atoms with E-state index in [2.05, 4.69) is 65.6 Å². The van der Waals surface area contributed by atoms with Gasteiger partial charge in [0.1, 0.15) is 5.54 Å². The van der Waals surface area contributed by atoms with Crippen molar-refractivity contribution in [3.63, 3.8) is 0 Å². The number of amides is 2. The SMILES string of the molecule is CC(C)=CCC/C(C)=C/CN1C(=O)[C@](O)([C@H](C)/C=C/CCn2cc(CCO)nn2)c2cc(N3CN(c4ccccc4)C4(CCNCC4)C3=O)ccc21. The molecular weight excluding hydrogens is 654 g/mol. The Morgan fingerprint density at radius 2 is 1.77 bits per heavy atom. The number of fused-ring (bicyclic) bond motifs is 1. The van der Waals surface area contributed by atoms with Gasteiger partial charge in [-0.3, -0.25) is 19.2 Å². The number of hydrogen-bond acceptors (Lipinski definition) is 8. The molecule has 4 heterocycles. The molecule has 0 aliphatic carbocycles. The van der Waals surface area contributed by atoms with Crippen molar-refractivity contribution in [2.24, 2.45) is 5.92 Å². The first kappa shape index (κ1) is 37.2. The van der Waals surface area contributed by atoms with Crippen molar-refractivity contribution in [1.82, 2.24) is 20.3 Å². The van der Waals surface area contributed by atoms with Crippen LogP contribution in [0, 0.1) is 5.92 Å². The molecule has 0 radical (unpaired) electrons. The van der Waals surface area contributed by atoms with E-state index in [-0.39, 0.29) is 18.4 Å². The van der Waals surface area contributed by atoms with E-state index in [0.717, 1.165) is 37.3 Å². The van der Waals surface area contributed by atoms with Crippen molar-refractivity contribution in [2.45, 2.75) is 83.9 Å². The van der Waals surface area contributed by atoms with E-state index in [4.69, 9.17) is 0 Å². The Morgan fingerprint density at radius 1 is 1.00 bits per heavy atom. The molecule has 6 rings (SSSR count). The number of anilines is 3. The number of aliphatic hydroxyl groups is 2. The number of benzene rings is 2. The van der Waals surface area contributed by atoms with Gasteiger partial charge >= 0.3 is 0 Å². The second kappa shape index (κ2) is 16.0. The lowest BCUT2D eigenvalue weighted by Crippen LogP contribution is -2.55. The molecule has 0 saturated carbocycles. The molecule has 11 heteroatoms. The first-order valence-electron chi connectivity index (χ1n) is 18.6. The maximum Gasteiger partial charge on any atom is 0.264 e. The molecule has 2 atom stereocenters. The lowest BCUT2D eigenvalue weighted by molar-refractivity contribution is -0.139. The monoisotopic (exact) mass is 707 g/mol. The fourth-order valence-electron chi connectivity index (χ4n) is 7.71. The summed E-state index contributed by atoms with van der Waals surface area (Å²) in [5.41, 5.74) is 3.53. The molecule has 2 fully saturated rings. The zero-order chi connectivity index (χ0) is 36.9. The van der Waals surface area contributed by atoms with Crippen molar-refractivity contribution in [1.29, 1.82) is 0 Å². The summed E-state index contributed by atoms with van der Waals surface area (Å²) in [4.78, 5) is 34.6. The number of rotatable bonds is 14. The Hall–Kier alpha value is -4.58. The van der Waals surface area contributed by atoms with Gasteiger partial charge < -0.3 is 25.3 Å². The van der Waals surface area contributed by atoms with Gasteiger partial charge in [0.25, 0.3) is 11.8 Å². The molecule has 1 spiro atoms. The first-order chi connectivity index (χ1) is 25.1. The smallest absolute Gasteiger partial charge is 0.264 e. The van der Waals surface area contributed by atoms with E-state index < -0.39 is 17.1 Å². The fraction of sp³-hybridized carbons (Fsp3) is 0.463. The molecule has 11 nitrogen and oxygen atoms in total. The molecule has 1 aromatic heterocycles. The number of carbonyl (C=O) groups is 2. The molecule has 2 amide bonds. The maximum absolute atomic E-state index is 14.5. The second-order valence-corrected chi connectivity index (χ2v) is 14.6. The number of carbonyl (C=O) groups excluding carboxylic acids is 2. The number of aryl methyl sites for hydroxylation is 1. The van der Waals surface area contributed by atoms with Crippen molar-refractivity contribution in [3.8, 4) is 0 Å². The molecule has 0 bridgehead atoms. The quantitative estimate of drug-likeness (QED) is 0.194. The predicted octanol–water partition coefficient (Wildman–Crippen LogP) is 5.26. The summed E-state index contributed by atoms with van der Waals surface area (Å²) in [7, 11) is 0. The van der Waals surface area contributed by atoms with Gasteiger partial charge in [-0.15, -0.1) is 5.10 Å². The van der Waals surface area contributed by atoms with Gasteiger partial charge in [0.05, 0.1) is 18.1 Å². The molecular formula is C41H53N7O4. The van der Waals surface area contributed by atoms with Crippen LogP contribution < -0.4 is 20.0 Å². The molecule has 3 N–H and O–H groups in total. The number of nitrogens with one attached hydrogen (secondary N) is 1. The summed E-state index contributed by atoms with van der Waals surface area (Å²) in [6, 6.07) is 15.8. The Balaban J connectivity index is 1.31. The van der Waals surface area contributed by atoms with Crippen LogP contribution in [0.2, 0.25) is 0 Å². The third kappa shape index (κ3) is 7.35. The van der Waals surface area contributed by atoms with Crippen LogP contribution in [0.4, 0.5) is 17.1 Å². The topological polar surface area (TPSA) is 127 Å². The lowest BCUT2D eigenvalue weighted by Gasteiger charge is -2.39. The van der Waals surface area contributed by atoms with Gasteiger partial charge in [0.2, 0.25) is 0 Å². The molecule has 52 heavy (non-hydrogen) atoms. The third-order valence-electron chi connectivity index (χ3n) is 10.8. The molecule has 3 aliphatic heterocycles. The standard InChI is InChI=1S/C41H53N7O4/c1-30(2)11-10-12-31(3)18-25-46-37-17-16-35(47-29-48(34-14-6-5-7-15-34)40(38(47)50)20-22-42-23-21-40)27-36(37)41(52,39(46)51)32(4)13-8-9-24-45-28-33(19-26-49)43-44-45/h5-8,11,13-18,27-28,32,42,49,52H,9-10,12,19-26,29H2,1-4H3/b13-8+,31-18+/t32-,41+/m1/s1.